The molecule has 0 spiro atoms. The Morgan fingerprint density at radius 3 is 2.26 bits per heavy atom. The average molecular weight is 324 g/mol. The zero-order chi connectivity index (χ0) is 17.5. The van der Waals surface area contributed by atoms with Crippen molar-refractivity contribution < 1.29 is 23.9 Å². The Morgan fingerprint density at radius 1 is 1.09 bits per heavy atom. The zero-order valence-corrected chi connectivity index (χ0v) is 13.9. The van der Waals surface area contributed by atoms with E-state index < -0.39 is 11.6 Å². The monoisotopic (exact) mass is 324 g/mol. The third-order valence-electron chi connectivity index (χ3n) is 3.04. The lowest BCUT2D eigenvalue weighted by molar-refractivity contribution is -0.154. The summed E-state index contributed by atoms with van der Waals surface area (Å²) >= 11 is 0. The number of carbonyl (C=O) groups is 4. The van der Waals surface area contributed by atoms with E-state index in [0.717, 1.165) is 6.42 Å². The first-order valence-electron chi connectivity index (χ1n) is 7.71. The summed E-state index contributed by atoms with van der Waals surface area (Å²) in [6.45, 7) is 5.51. The number of hydrogen-bond acceptors (Lipinski definition) is 5. The number of hydrogen-bond donors (Lipinski definition) is 1. The molecule has 128 valence electrons. The molecule has 7 heteroatoms. The minimum absolute atomic E-state index is 0.140. The standard InChI is InChI=1S/C16H24N2O5/c1-16(2,3)23-15(22)11-17-12(19)7-5-4-6-10-18-13(20)8-9-14(18)21/h8-9H,4-7,10-11H2,1-3H3,(H,17,19). The van der Waals surface area contributed by atoms with Crippen molar-refractivity contribution >= 4 is 23.7 Å². The molecular weight excluding hydrogens is 300 g/mol. The molecule has 1 aliphatic heterocycles. The van der Waals surface area contributed by atoms with Crippen LogP contribution in [0, 0.1) is 0 Å². The fraction of sp³-hybridized carbons (Fsp3) is 0.625. The van der Waals surface area contributed by atoms with Crippen molar-refractivity contribution in [1.82, 2.24) is 10.2 Å². The predicted molar refractivity (Wildman–Crippen MR) is 83.2 cm³/mol. The molecule has 23 heavy (non-hydrogen) atoms. The largest absolute Gasteiger partial charge is 0.459 e. The highest BCUT2D eigenvalue weighted by molar-refractivity contribution is 6.12. The van der Waals surface area contributed by atoms with Crippen LogP contribution in [0.25, 0.3) is 0 Å². The summed E-state index contributed by atoms with van der Waals surface area (Å²) in [6, 6.07) is 0. The first kappa shape index (κ1) is 18.9. The molecule has 7 nitrogen and oxygen atoms in total. The summed E-state index contributed by atoms with van der Waals surface area (Å²) < 4.78 is 5.08. The number of ether oxygens (including phenoxy) is 1. The topological polar surface area (TPSA) is 92.8 Å². The zero-order valence-electron chi connectivity index (χ0n) is 13.9. The Bertz CT molecular complexity index is 487. The molecule has 3 amide bonds. The molecular formula is C16H24N2O5. The minimum atomic E-state index is -0.568. The van der Waals surface area contributed by atoms with E-state index >= 15 is 0 Å². The third kappa shape index (κ3) is 7.58. The Labute approximate surface area is 136 Å². The highest BCUT2D eigenvalue weighted by Crippen LogP contribution is 2.08. The number of amides is 3. The summed E-state index contributed by atoms with van der Waals surface area (Å²) in [6.07, 6.45) is 4.81. The van der Waals surface area contributed by atoms with E-state index in [1.165, 1.54) is 17.1 Å². The van der Waals surface area contributed by atoms with Crippen molar-refractivity contribution in [2.24, 2.45) is 0 Å². The molecule has 0 bridgehead atoms. The van der Waals surface area contributed by atoms with E-state index in [-0.39, 0.29) is 24.3 Å². The quantitative estimate of drug-likeness (QED) is 0.407. The maximum atomic E-state index is 11.6. The van der Waals surface area contributed by atoms with Crippen LogP contribution in [0.15, 0.2) is 12.2 Å². The summed E-state index contributed by atoms with van der Waals surface area (Å²) in [4.78, 5) is 46.8. The van der Waals surface area contributed by atoms with Crippen LogP contribution >= 0.6 is 0 Å². The fourth-order valence-electron chi connectivity index (χ4n) is 2.02. The van der Waals surface area contributed by atoms with Gasteiger partial charge in [-0.25, -0.2) is 0 Å². The summed E-state index contributed by atoms with van der Waals surface area (Å²) in [7, 11) is 0. The van der Waals surface area contributed by atoms with E-state index in [2.05, 4.69) is 5.32 Å². The van der Waals surface area contributed by atoms with Crippen molar-refractivity contribution in [2.75, 3.05) is 13.1 Å². The second kappa shape index (κ2) is 8.45. The number of unbranched alkanes of at least 4 members (excludes halogenated alkanes) is 2. The van der Waals surface area contributed by atoms with E-state index in [0.29, 0.717) is 25.8 Å². The Balaban J connectivity index is 2.07. The maximum Gasteiger partial charge on any atom is 0.325 e. The molecule has 0 saturated carbocycles. The van der Waals surface area contributed by atoms with Crippen LogP contribution in [0.1, 0.15) is 46.5 Å². The normalized spacial score (nSPS) is 14.3. The Kier molecular flexibility index (Phi) is 6.93. The number of imide groups is 1. The number of nitrogens with one attached hydrogen (secondary N) is 1. The van der Waals surface area contributed by atoms with Gasteiger partial charge in [0.25, 0.3) is 11.8 Å². The lowest BCUT2D eigenvalue weighted by Crippen LogP contribution is -2.34. The van der Waals surface area contributed by atoms with E-state index in [1.54, 1.807) is 20.8 Å². The molecule has 0 unspecified atom stereocenters. The lowest BCUT2D eigenvalue weighted by atomic mass is 10.2. The second-order valence-corrected chi connectivity index (χ2v) is 6.34. The predicted octanol–water partition coefficient (Wildman–Crippen LogP) is 0.930. The van der Waals surface area contributed by atoms with Gasteiger partial charge in [0, 0.05) is 25.1 Å². The SMILES string of the molecule is CC(C)(C)OC(=O)CNC(=O)CCCCCN1C(=O)C=CC1=O. The third-order valence-corrected chi connectivity index (χ3v) is 3.04. The summed E-state index contributed by atoms with van der Waals surface area (Å²) in [5.74, 6) is -1.26. The van der Waals surface area contributed by atoms with Crippen LogP contribution in [-0.4, -0.2) is 47.3 Å². The summed E-state index contributed by atoms with van der Waals surface area (Å²) in [5, 5.41) is 2.51. The number of rotatable bonds is 8. The minimum Gasteiger partial charge on any atom is -0.459 e. The second-order valence-electron chi connectivity index (χ2n) is 6.34. The molecule has 0 atom stereocenters. The van der Waals surface area contributed by atoms with Gasteiger partial charge in [-0.05, 0) is 33.6 Å². The molecule has 0 aromatic rings. The molecule has 1 aliphatic rings. The molecule has 0 fully saturated rings. The van der Waals surface area contributed by atoms with Crippen molar-refractivity contribution in [1.29, 1.82) is 0 Å². The molecule has 1 N–H and O–H groups in total. The molecule has 1 rings (SSSR count). The van der Waals surface area contributed by atoms with E-state index in [1.807, 2.05) is 0 Å². The number of carbonyl (C=O) groups excluding carboxylic acids is 4. The Morgan fingerprint density at radius 2 is 1.70 bits per heavy atom. The first-order valence-corrected chi connectivity index (χ1v) is 7.71. The highest BCUT2D eigenvalue weighted by atomic mass is 16.6. The van der Waals surface area contributed by atoms with Gasteiger partial charge >= 0.3 is 5.97 Å². The smallest absolute Gasteiger partial charge is 0.325 e. The van der Waals surface area contributed by atoms with Gasteiger partial charge in [-0.2, -0.15) is 0 Å². The molecule has 0 saturated heterocycles. The van der Waals surface area contributed by atoms with Crippen LogP contribution in [0.5, 0.6) is 0 Å². The number of esters is 1. The number of nitrogens with zero attached hydrogens (tertiary/aromatic N) is 1. The summed E-state index contributed by atoms with van der Waals surface area (Å²) in [5.41, 5.74) is -0.568. The molecule has 1 heterocycles. The van der Waals surface area contributed by atoms with Gasteiger partial charge < -0.3 is 10.1 Å². The fourth-order valence-corrected chi connectivity index (χ4v) is 2.02. The first-order chi connectivity index (χ1) is 10.7. The van der Waals surface area contributed by atoms with Gasteiger partial charge in [0.2, 0.25) is 5.91 Å². The van der Waals surface area contributed by atoms with Crippen LogP contribution < -0.4 is 5.32 Å². The van der Waals surface area contributed by atoms with Crippen molar-refractivity contribution in [3.63, 3.8) is 0 Å². The van der Waals surface area contributed by atoms with E-state index in [9.17, 15) is 19.2 Å². The van der Waals surface area contributed by atoms with Gasteiger partial charge in [0.15, 0.2) is 0 Å². The molecule has 0 aromatic carbocycles. The Hall–Kier alpha value is -2.18. The maximum absolute atomic E-state index is 11.6. The molecule has 0 aliphatic carbocycles. The van der Waals surface area contributed by atoms with Gasteiger partial charge in [-0.1, -0.05) is 6.42 Å². The highest BCUT2D eigenvalue weighted by Gasteiger charge is 2.22. The van der Waals surface area contributed by atoms with Gasteiger partial charge in [0.1, 0.15) is 12.1 Å². The molecule has 0 aromatic heterocycles. The molecule has 0 radical (unpaired) electrons. The van der Waals surface area contributed by atoms with Crippen LogP contribution in [0.2, 0.25) is 0 Å². The van der Waals surface area contributed by atoms with Crippen molar-refractivity contribution in [3.05, 3.63) is 12.2 Å². The van der Waals surface area contributed by atoms with Crippen LogP contribution in [-0.2, 0) is 23.9 Å². The van der Waals surface area contributed by atoms with Gasteiger partial charge in [0.05, 0.1) is 0 Å². The van der Waals surface area contributed by atoms with Gasteiger partial charge in [-0.3, -0.25) is 24.1 Å². The average Bonchev–Trinajstić information content (AvgIpc) is 2.74. The van der Waals surface area contributed by atoms with Crippen LogP contribution in [0.4, 0.5) is 0 Å². The van der Waals surface area contributed by atoms with Gasteiger partial charge in [-0.15, -0.1) is 0 Å². The van der Waals surface area contributed by atoms with Crippen LogP contribution in [0.3, 0.4) is 0 Å². The van der Waals surface area contributed by atoms with Crippen molar-refractivity contribution in [3.8, 4) is 0 Å². The van der Waals surface area contributed by atoms with Crippen molar-refractivity contribution in [2.45, 2.75) is 52.1 Å². The van der Waals surface area contributed by atoms with E-state index in [4.69, 9.17) is 4.74 Å². The lowest BCUT2D eigenvalue weighted by Gasteiger charge is -2.19.